The molecule has 1 fully saturated rings. The van der Waals surface area contributed by atoms with Crippen molar-refractivity contribution < 1.29 is 19.4 Å². The lowest BCUT2D eigenvalue weighted by Gasteiger charge is -2.24. The van der Waals surface area contributed by atoms with Crippen molar-refractivity contribution in [3.63, 3.8) is 0 Å². The summed E-state index contributed by atoms with van der Waals surface area (Å²) in [5.41, 5.74) is 0. The number of likely N-dealkylation sites (tertiary alicyclic amines) is 1. The number of carbonyl (C=O) groups excluding carboxylic acids is 1. The first-order chi connectivity index (χ1) is 9.04. The van der Waals surface area contributed by atoms with Crippen molar-refractivity contribution in [3.8, 4) is 0 Å². The topological polar surface area (TPSA) is 70.1 Å². The number of carboxylic acids is 1. The average Bonchev–Trinajstić information content (AvgIpc) is 2.84. The van der Waals surface area contributed by atoms with Gasteiger partial charge in [-0.05, 0) is 25.2 Å². The lowest BCUT2D eigenvalue weighted by molar-refractivity contribution is -0.137. The van der Waals surface area contributed by atoms with E-state index in [9.17, 15) is 9.59 Å². The van der Waals surface area contributed by atoms with Gasteiger partial charge in [0.05, 0.1) is 0 Å². The van der Waals surface area contributed by atoms with Crippen LogP contribution in [0.3, 0.4) is 0 Å². The van der Waals surface area contributed by atoms with Crippen molar-refractivity contribution in [1.82, 2.24) is 9.80 Å². The highest BCUT2D eigenvalue weighted by molar-refractivity contribution is 5.74. The number of methoxy groups -OCH3 is 1. The Morgan fingerprint density at radius 3 is 2.84 bits per heavy atom. The molecular weight excluding hydrogens is 248 g/mol. The second-order valence-corrected chi connectivity index (χ2v) is 5.08. The molecule has 1 unspecified atom stereocenters. The molecule has 0 aliphatic carbocycles. The van der Waals surface area contributed by atoms with E-state index < -0.39 is 5.97 Å². The molecule has 0 bridgehead atoms. The van der Waals surface area contributed by atoms with E-state index >= 15 is 0 Å². The molecule has 2 amide bonds. The second kappa shape index (κ2) is 7.99. The zero-order valence-electron chi connectivity index (χ0n) is 11.8. The average molecular weight is 272 g/mol. The van der Waals surface area contributed by atoms with Gasteiger partial charge >= 0.3 is 12.0 Å². The smallest absolute Gasteiger partial charge is 0.319 e. The highest BCUT2D eigenvalue weighted by atomic mass is 16.5. The van der Waals surface area contributed by atoms with Crippen LogP contribution in [0, 0.1) is 5.92 Å². The van der Waals surface area contributed by atoms with E-state index in [2.05, 4.69) is 0 Å². The number of nitrogens with zero attached hydrogens (tertiary/aromatic N) is 2. The van der Waals surface area contributed by atoms with Crippen LogP contribution >= 0.6 is 0 Å². The van der Waals surface area contributed by atoms with E-state index in [0.717, 1.165) is 19.4 Å². The van der Waals surface area contributed by atoms with E-state index in [1.165, 1.54) is 0 Å². The van der Waals surface area contributed by atoms with Crippen LogP contribution in [0.25, 0.3) is 0 Å². The predicted octanol–water partition coefficient (Wildman–Crippen LogP) is 1.26. The molecule has 6 heteroatoms. The van der Waals surface area contributed by atoms with Crippen LogP contribution in [0.4, 0.5) is 4.79 Å². The van der Waals surface area contributed by atoms with Crippen LogP contribution in [0.1, 0.15) is 25.7 Å². The molecule has 1 heterocycles. The van der Waals surface area contributed by atoms with Crippen LogP contribution in [-0.2, 0) is 9.53 Å². The normalized spacial score (nSPS) is 18.6. The molecule has 110 valence electrons. The van der Waals surface area contributed by atoms with Gasteiger partial charge in [0, 0.05) is 46.8 Å². The number of hydrogen-bond donors (Lipinski definition) is 1. The number of amides is 2. The number of hydrogen-bond acceptors (Lipinski definition) is 3. The van der Waals surface area contributed by atoms with Crippen molar-refractivity contribution in [2.75, 3.05) is 40.4 Å². The monoisotopic (exact) mass is 272 g/mol. The highest BCUT2D eigenvalue weighted by Gasteiger charge is 2.28. The first kappa shape index (κ1) is 15.8. The zero-order valence-corrected chi connectivity index (χ0v) is 11.8. The fraction of sp³-hybridized carbons (Fsp3) is 0.846. The maximum atomic E-state index is 12.1. The van der Waals surface area contributed by atoms with Crippen LogP contribution in [0.15, 0.2) is 0 Å². The van der Waals surface area contributed by atoms with Gasteiger partial charge in [-0.15, -0.1) is 0 Å². The largest absolute Gasteiger partial charge is 0.481 e. The molecule has 1 aliphatic rings. The minimum Gasteiger partial charge on any atom is -0.481 e. The van der Waals surface area contributed by atoms with Gasteiger partial charge in [0.15, 0.2) is 0 Å². The Bertz CT molecular complexity index is 309. The van der Waals surface area contributed by atoms with Crippen molar-refractivity contribution in [1.29, 1.82) is 0 Å². The second-order valence-electron chi connectivity index (χ2n) is 5.08. The molecule has 19 heavy (non-hydrogen) atoms. The maximum absolute atomic E-state index is 12.1. The number of carboxylic acid groups (broad SMARTS) is 1. The van der Waals surface area contributed by atoms with E-state index in [0.29, 0.717) is 32.0 Å². The molecule has 0 saturated carbocycles. The fourth-order valence-electron chi connectivity index (χ4n) is 2.35. The third-order valence-electron chi connectivity index (χ3n) is 3.49. The molecule has 1 aliphatic heterocycles. The SMILES string of the molecule is COCCCN(C)C(=O)N1CCC(CCC(=O)O)C1. The Labute approximate surface area is 114 Å². The summed E-state index contributed by atoms with van der Waals surface area (Å²) in [6.07, 6.45) is 2.59. The van der Waals surface area contributed by atoms with Gasteiger partial charge in [0.25, 0.3) is 0 Å². The first-order valence-electron chi connectivity index (χ1n) is 6.75. The zero-order chi connectivity index (χ0) is 14.3. The van der Waals surface area contributed by atoms with E-state index in [1.54, 1.807) is 19.1 Å². The molecule has 0 aromatic heterocycles. The van der Waals surface area contributed by atoms with Crippen LogP contribution in [0.5, 0.6) is 0 Å². The Kier molecular flexibility index (Phi) is 6.62. The van der Waals surface area contributed by atoms with E-state index in [-0.39, 0.29) is 12.5 Å². The van der Waals surface area contributed by atoms with E-state index in [1.807, 2.05) is 4.90 Å². The summed E-state index contributed by atoms with van der Waals surface area (Å²) in [4.78, 5) is 26.2. The van der Waals surface area contributed by atoms with Crippen molar-refractivity contribution >= 4 is 12.0 Å². The summed E-state index contributed by atoms with van der Waals surface area (Å²) >= 11 is 0. The summed E-state index contributed by atoms with van der Waals surface area (Å²) in [5.74, 6) is -0.436. The molecule has 1 N–H and O–H groups in total. The van der Waals surface area contributed by atoms with Crippen molar-refractivity contribution in [2.45, 2.75) is 25.7 Å². The Hall–Kier alpha value is -1.30. The molecule has 0 radical (unpaired) electrons. The Balaban J connectivity index is 2.28. The highest BCUT2D eigenvalue weighted by Crippen LogP contribution is 2.21. The Morgan fingerprint density at radius 1 is 1.47 bits per heavy atom. The molecule has 6 nitrogen and oxygen atoms in total. The van der Waals surface area contributed by atoms with Gasteiger partial charge in [0.2, 0.25) is 0 Å². The maximum Gasteiger partial charge on any atom is 0.319 e. The third-order valence-corrected chi connectivity index (χ3v) is 3.49. The molecule has 1 atom stereocenters. The lowest BCUT2D eigenvalue weighted by Crippen LogP contribution is -2.40. The molecule has 0 spiro atoms. The quantitative estimate of drug-likeness (QED) is 0.708. The van der Waals surface area contributed by atoms with Gasteiger partial charge in [-0.2, -0.15) is 0 Å². The number of aliphatic carboxylic acids is 1. The van der Waals surface area contributed by atoms with Crippen LogP contribution in [0.2, 0.25) is 0 Å². The number of rotatable bonds is 7. The summed E-state index contributed by atoms with van der Waals surface area (Å²) in [6, 6.07) is 0.0360. The number of ether oxygens (including phenoxy) is 1. The van der Waals surface area contributed by atoms with Crippen LogP contribution < -0.4 is 0 Å². The third kappa shape index (κ3) is 5.46. The van der Waals surface area contributed by atoms with Gasteiger partial charge in [-0.25, -0.2) is 4.79 Å². The number of carbonyl (C=O) groups is 2. The molecular formula is C13H24N2O4. The molecule has 1 rings (SSSR count). The van der Waals surface area contributed by atoms with Crippen LogP contribution in [-0.4, -0.2) is 67.3 Å². The van der Waals surface area contributed by atoms with Gasteiger partial charge in [0.1, 0.15) is 0 Å². The molecule has 1 saturated heterocycles. The molecule has 0 aromatic rings. The Morgan fingerprint density at radius 2 is 2.21 bits per heavy atom. The van der Waals surface area contributed by atoms with E-state index in [4.69, 9.17) is 9.84 Å². The van der Waals surface area contributed by atoms with Crippen molar-refractivity contribution in [2.24, 2.45) is 5.92 Å². The van der Waals surface area contributed by atoms with Gasteiger partial charge in [-0.1, -0.05) is 0 Å². The standard InChI is InChI=1S/C13H24N2O4/c1-14(7-3-9-19-2)13(18)15-8-6-11(10-15)4-5-12(16)17/h11H,3-10H2,1-2H3,(H,16,17). The minimum atomic E-state index is -0.763. The summed E-state index contributed by atoms with van der Waals surface area (Å²) in [6.45, 7) is 2.75. The first-order valence-corrected chi connectivity index (χ1v) is 6.75. The summed E-state index contributed by atoms with van der Waals surface area (Å²) in [5, 5.41) is 8.66. The van der Waals surface area contributed by atoms with Gasteiger partial charge < -0.3 is 19.6 Å². The number of urea groups is 1. The minimum absolute atomic E-state index is 0.0360. The summed E-state index contributed by atoms with van der Waals surface area (Å²) < 4.78 is 4.96. The summed E-state index contributed by atoms with van der Waals surface area (Å²) in [7, 11) is 3.44. The predicted molar refractivity (Wildman–Crippen MR) is 71.1 cm³/mol. The molecule has 0 aromatic carbocycles. The van der Waals surface area contributed by atoms with Crippen molar-refractivity contribution in [3.05, 3.63) is 0 Å². The fourth-order valence-corrected chi connectivity index (χ4v) is 2.35. The lowest BCUT2D eigenvalue weighted by atomic mass is 10.0. The van der Waals surface area contributed by atoms with Gasteiger partial charge in [-0.3, -0.25) is 4.79 Å².